The Hall–Kier alpha value is -1.87. The summed E-state index contributed by atoms with van der Waals surface area (Å²) < 4.78 is 2.19. The van der Waals surface area contributed by atoms with Crippen LogP contribution in [0.3, 0.4) is 0 Å². The molecular formula is C16H17N3. The topological polar surface area (TPSA) is 29.3 Å². The summed E-state index contributed by atoms with van der Waals surface area (Å²) in [6.45, 7) is 0.950. The Balaban J connectivity index is 1.68. The van der Waals surface area contributed by atoms with Crippen molar-refractivity contribution in [3.05, 3.63) is 48.3 Å². The molecule has 0 atom stereocenters. The van der Waals surface area contributed by atoms with Gasteiger partial charge in [0.25, 0.3) is 0 Å². The molecule has 0 spiro atoms. The predicted octanol–water partition coefficient (Wildman–Crippen LogP) is 3.13. The first-order chi connectivity index (χ1) is 9.40. The quantitative estimate of drug-likeness (QED) is 0.775. The Bertz CT molecular complexity index is 725. The fourth-order valence-electron chi connectivity index (χ4n) is 2.72. The first kappa shape index (κ1) is 11.0. The Morgan fingerprint density at radius 3 is 3.05 bits per heavy atom. The van der Waals surface area contributed by atoms with Gasteiger partial charge in [-0.3, -0.25) is 4.98 Å². The molecule has 3 nitrogen and oxygen atoms in total. The molecule has 3 aromatic rings. The summed E-state index contributed by atoms with van der Waals surface area (Å²) in [5, 5.41) is 3.60. The van der Waals surface area contributed by atoms with Gasteiger partial charge in [-0.05, 0) is 42.7 Å². The lowest BCUT2D eigenvalue weighted by molar-refractivity contribution is 0.338. The summed E-state index contributed by atoms with van der Waals surface area (Å²) in [5.41, 5.74) is 4.71. The standard InChI is InChI=1S/C16H17N3/c1-3-13(4-1)17-10-12-6-7-16-15(9-12)18-11-14-5-2-8-19(14)16/h2,5-9,11,13,17H,1,3-4,10H2. The van der Waals surface area contributed by atoms with Gasteiger partial charge in [0.15, 0.2) is 0 Å². The lowest BCUT2D eigenvalue weighted by atomic mass is 9.93. The van der Waals surface area contributed by atoms with Gasteiger partial charge in [-0.2, -0.15) is 0 Å². The zero-order chi connectivity index (χ0) is 12.7. The monoisotopic (exact) mass is 251 g/mol. The second-order valence-corrected chi connectivity index (χ2v) is 5.39. The van der Waals surface area contributed by atoms with Gasteiger partial charge in [0, 0.05) is 18.8 Å². The van der Waals surface area contributed by atoms with Crippen molar-refractivity contribution in [2.24, 2.45) is 0 Å². The second kappa shape index (κ2) is 4.35. The van der Waals surface area contributed by atoms with Crippen molar-refractivity contribution in [2.45, 2.75) is 31.8 Å². The predicted molar refractivity (Wildman–Crippen MR) is 77.2 cm³/mol. The van der Waals surface area contributed by atoms with Gasteiger partial charge in [0.1, 0.15) is 0 Å². The van der Waals surface area contributed by atoms with Gasteiger partial charge < -0.3 is 9.72 Å². The van der Waals surface area contributed by atoms with Crippen molar-refractivity contribution in [2.75, 3.05) is 0 Å². The highest BCUT2D eigenvalue weighted by Gasteiger charge is 2.16. The minimum Gasteiger partial charge on any atom is -0.314 e. The van der Waals surface area contributed by atoms with Gasteiger partial charge in [0.05, 0.1) is 22.7 Å². The Kier molecular flexibility index (Phi) is 2.52. The van der Waals surface area contributed by atoms with Crippen molar-refractivity contribution in [1.82, 2.24) is 14.7 Å². The number of fused-ring (bicyclic) bond motifs is 3. The molecule has 96 valence electrons. The van der Waals surface area contributed by atoms with Gasteiger partial charge in [0.2, 0.25) is 0 Å². The minimum atomic E-state index is 0.732. The lowest BCUT2D eigenvalue weighted by Crippen LogP contribution is -2.34. The van der Waals surface area contributed by atoms with Crippen LogP contribution in [0.15, 0.2) is 42.7 Å². The number of benzene rings is 1. The van der Waals surface area contributed by atoms with Crippen LogP contribution >= 0.6 is 0 Å². The van der Waals surface area contributed by atoms with Crippen LogP contribution in [0, 0.1) is 0 Å². The van der Waals surface area contributed by atoms with E-state index < -0.39 is 0 Å². The van der Waals surface area contributed by atoms with Crippen LogP contribution in [0.1, 0.15) is 24.8 Å². The molecule has 1 aromatic carbocycles. The van der Waals surface area contributed by atoms with E-state index in [0.717, 1.165) is 23.6 Å². The van der Waals surface area contributed by atoms with Crippen LogP contribution in [0.4, 0.5) is 0 Å². The first-order valence-corrected chi connectivity index (χ1v) is 6.98. The van der Waals surface area contributed by atoms with Crippen molar-refractivity contribution in [1.29, 1.82) is 0 Å². The third-order valence-electron chi connectivity index (χ3n) is 4.12. The number of hydrogen-bond acceptors (Lipinski definition) is 2. The molecule has 1 aliphatic carbocycles. The molecule has 1 N–H and O–H groups in total. The second-order valence-electron chi connectivity index (χ2n) is 5.39. The van der Waals surface area contributed by atoms with Crippen molar-refractivity contribution in [3.63, 3.8) is 0 Å². The molecule has 1 saturated carbocycles. The number of nitrogens with zero attached hydrogens (tertiary/aromatic N) is 2. The van der Waals surface area contributed by atoms with Crippen molar-refractivity contribution < 1.29 is 0 Å². The van der Waals surface area contributed by atoms with E-state index in [9.17, 15) is 0 Å². The zero-order valence-electron chi connectivity index (χ0n) is 10.8. The lowest BCUT2D eigenvalue weighted by Gasteiger charge is -2.26. The van der Waals surface area contributed by atoms with E-state index in [2.05, 4.69) is 51.2 Å². The van der Waals surface area contributed by atoms with Crippen LogP contribution < -0.4 is 5.32 Å². The van der Waals surface area contributed by atoms with Crippen molar-refractivity contribution in [3.8, 4) is 0 Å². The average Bonchev–Trinajstić information content (AvgIpc) is 2.85. The Labute approximate surface area is 112 Å². The smallest absolute Gasteiger partial charge is 0.0874 e. The summed E-state index contributed by atoms with van der Waals surface area (Å²) >= 11 is 0. The first-order valence-electron chi connectivity index (χ1n) is 6.98. The van der Waals surface area contributed by atoms with E-state index in [1.54, 1.807) is 0 Å². The normalized spacial score (nSPS) is 16.0. The molecule has 3 heteroatoms. The molecule has 0 unspecified atom stereocenters. The van der Waals surface area contributed by atoms with Crippen LogP contribution in [0.5, 0.6) is 0 Å². The van der Waals surface area contributed by atoms with E-state index >= 15 is 0 Å². The number of hydrogen-bond donors (Lipinski definition) is 1. The molecule has 4 rings (SSSR count). The van der Waals surface area contributed by atoms with Crippen LogP contribution in [0.25, 0.3) is 16.6 Å². The Morgan fingerprint density at radius 1 is 1.26 bits per heavy atom. The van der Waals surface area contributed by atoms with Crippen LogP contribution in [-0.2, 0) is 6.54 Å². The molecular weight excluding hydrogens is 234 g/mol. The highest BCUT2D eigenvalue weighted by atomic mass is 14.9. The molecule has 2 aromatic heterocycles. The van der Waals surface area contributed by atoms with Crippen molar-refractivity contribution >= 4 is 16.6 Å². The third kappa shape index (κ3) is 1.90. The Morgan fingerprint density at radius 2 is 2.21 bits per heavy atom. The molecule has 0 amide bonds. The fraction of sp³-hybridized carbons (Fsp3) is 0.312. The van der Waals surface area contributed by atoms with Gasteiger partial charge in [-0.1, -0.05) is 12.5 Å². The summed E-state index contributed by atoms with van der Waals surface area (Å²) in [6, 6.07) is 11.4. The molecule has 2 heterocycles. The van der Waals surface area contributed by atoms with Crippen LogP contribution in [0.2, 0.25) is 0 Å². The molecule has 0 bridgehead atoms. The largest absolute Gasteiger partial charge is 0.314 e. The van der Waals surface area contributed by atoms with E-state index in [0.29, 0.717) is 0 Å². The maximum absolute atomic E-state index is 4.55. The van der Waals surface area contributed by atoms with Gasteiger partial charge >= 0.3 is 0 Å². The maximum Gasteiger partial charge on any atom is 0.0874 e. The van der Waals surface area contributed by atoms with E-state index in [-0.39, 0.29) is 0 Å². The average molecular weight is 251 g/mol. The highest BCUT2D eigenvalue weighted by Crippen LogP contribution is 2.20. The number of aromatic nitrogens is 2. The van der Waals surface area contributed by atoms with E-state index in [1.165, 1.54) is 30.3 Å². The minimum absolute atomic E-state index is 0.732. The maximum atomic E-state index is 4.55. The molecule has 1 aliphatic rings. The van der Waals surface area contributed by atoms with E-state index in [1.807, 2.05) is 6.20 Å². The zero-order valence-corrected chi connectivity index (χ0v) is 10.8. The third-order valence-corrected chi connectivity index (χ3v) is 4.12. The van der Waals surface area contributed by atoms with E-state index in [4.69, 9.17) is 0 Å². The molecule has 1 fully saturated rings. The molecule has 0 aliphatic heterocycles. The number of rotatable bonds is 3. The van der Waals surface area contributed by atoms with Crippen LogP contribution in [-0.4, -0.2) is 15.4 Å². The molecule has 0 radical (unpaired) electrons. The summed E-state index contributed by atoms with van der Waals surface area (Å²) in [6.07, 6.45) is 8.06. The van der Waals surface area contributed by atoms with Gasteiger partial charge in [-0.15, -0.1) is 0 Å². The summed E-state index contributed by atoms with van der Waals surface area (Å²) in [5.74, 6) is 0. The summed E-state index contributed by atoms with van der Waals surface area (Å²) in [7, 11) is 0. The SMILES string of the molecule is c1cc2cnc3cc(CNC4CCC4)ccc3n2c1. The summed E-state index contributed by atoms with van der Waals surface area (Å²) in [4.78, 5) is 4.55. The number of nitrogens with one attached hydrogen (secondary N) is 1. The fourth-order valence-corrected chi connectivity index (χ4v) is 2.72. The molecule has 0 saturated heterocycles. The van der Waals surface area contributed by atoms with Gasteiger partial charge in [-0.25, -0.2) is 0 Å². The molecule has 19 heavy (non-hydrogen) atoms. The highest BCUT2D eigenvalue weighted by molar-refractivity contribution is 5.78.